The van der Waals surface area contributed by atoms with Gasteiger partial charge in [0.1, 0.15) is 18.1 Å². The second kappa shape index (κ2) is 14.9. The number of aliphatic imine (C=N–C) groups is 1. The Morgan fingerprint density at radius 1 is 0.923 bits per heavy atom. The highest BCUT2D eigenvalue weighted by atomic mass is 16.4. The van der Waals surface area contributed by atoms with E-state index in [1.165, 1.54) is 0 Å². The molecule has 0 aliphatic carbocycles. The average molecular weight is 547 g/mol. The van der Waals surface area contributed by atoms with Gasteiger partial charge in [-0.05, 0) is 30.9 Å². The van der Waals surface area contributed by atoms with Gasteiger partial charge in [-0.3, -0.25) is 24.2 Å². The van der Waals surface area contributed by atoms with E-state index in [0.29, 0.717) is 5.56 Å². The van der Waals surface area contributed by atoms with E-state index in [1.54, 1.807) is 12.3 Å². The van der Waals surface area contributed by atoms with Crippen molar-refractivity contribution in [2.75, 3.05) is 13.1 Å². The van der Waals surface area contributed by atoms with Crippen LogP contribution in [-0.2, 0) is 30.4 Å². The summed E-state index contributed by atoms with van der Waals surface area (Å²) < 4.78 is 0. The highest BCUT2D eigenvalue weighted by Crippen LogP contribution is 2.19. The van der Waals surface area contributed by atoms with E-state index < -0.39 is 60.8 Å². The average Bonchev–Trinajstić information content (AvgIpc) is 3.29. The number of amides is 3. The van der Waals surface area contributed by atoms with Gasteiger partial charge in [-0.25, -0.2) is 4.79 Å². The molecule has 0 fully saturated rings. The number of carbonyl (C=O) groups excluding carboxylic acids is 3. The molecule has 0 saturated heterocycles. The quantitative estimate of drug-likeness (QED) is 0.0642. The van der Waals surface area contributed by atoms with Gasteiger partial charge >= 0.3 is 11.9 Å². The van der Waals surface area contributed by atoms with E-state index in [9.17, 15) is 29.1 Å². The molecule has 0 spiro atoms. The second-order valence-corrected chi connectivity index (χ2v) is 8.73. The summed E-state index contributed by atoms with van der Waals surface area (Å²) in [6.45, 7) is -0.278. The van der Waals surface area contributed by atoms with Crippen LogP contribution in [0.15, 0.2) is 35.5 Å². The van der Waals surface area contributed by atoms with Crippen molar-refractivity contribution >= 4 is 46.5 Å². The summed E-state index contributed by atoms with van der Waals surface area (Å²) in [6, 6.07) is 3.42. The second-order valence-electron chi connectivity index (χ2n) is 8.73. The van der Waals surface area contributed by atoms with Crippen molar-refractivity contribution < 1.29 is 34.2 Å². The number of benzene rings is 1. The van der Waals surface area contributed by atoms with Crippen LogP contribution in [0, 0.1) is 0 Å². The van der Waals surface area contributed by atoms with Gasteiger partial charge in [0.25, 0.3) is 0 Å². The van der Waals surface area contributed by atoms with Crippen molar-refractivity contribution in [3.8, 4) is 0 Å². The van der Waals surface area contributed by atoms with E-state index >= 15 is 0 Å². The Balaban J connectivity index is 2.28. The van der Waals surface area contributed by atoms with Gasteiger partial charge in [-0.1, -0.05) is 18.2 Å². The lowest BCUT2D eigenvalue weighted by atomic mass is 10.0. The molecular formula is C24H34N8O7. The van der Waals surface area contributed by atoms with Crippen LogP contribution in [-0.4, -0.2) is 82.0 Å². The van der Waals surface area contributed by atoms with E-state index in [-0.39, 0.29) is 38.2 Å². The van der Waals surface area contributed by atoms with Crippen LogP contribution in [0.2, 0.25) is 0 Å². The zero-order valence-electron chi connectivity index (χ0n) is 21.2. The lowest BCUT2D eigenvalue weighted by Gasteiger charge is -2.24. The molecule has 0 aliphatic heterocycles. The standard InChI is InChI=1S/C24H34N8O7/c25-11-19(33)30-16(7-8-20(34)35)21(36)32-18(10-13-12-29-15-5-2-1-4-14(13)15)22(37)31-17(23(38)39)6-3-9-28-24(26)27/h1-2,4-5,12,16-18,29H,3,6-11,25H2,(H,30,33)(H,31,37)(H,32,36)(H,34,35)(H,38,39)(H4,26,27,28). The molecule has 0 bridgehead atoms. The number of aliphatic carboxylic acids is 2. The molecule has 15 heteroatoms. The Kier molecular flexibility index (Phi) is 11.7. The third kappa shape index (κ3) is 9.96. The summed E-state index contributed by atoms with van der Waals surface area (Å²) in [4.78, 5) is 68.0. The van der Waals surface area contributed by atoms with Crippen LogP contribution in [0.5, 0.6) is 0 Å². The van der Waals surface area contributed by atoms with Crippen LogP contribution < -0.4 is 33.2 Å². The van der Waals surface area contributed by atoms with Gasteiger partial charge in [0.15, 0.2) is 5.96 Å². The third-order valence-electron chi connectivity index (χ3n) is 5.78. The predicted molar refractivity (Wildman–Crippen MR) is 141 cm³/mol. The minimum atomic E-state index is -1.30. The fraction of sp³-hybridized carbons (Fsp3) is 0.417. The number of H-pyrrole nitrogens is 1. The maximum absolute atomic E-state index is 13.3. The fourth-order valence-corrected chi connectivity index (χ4v) is 3.83. The van der Waals surface area contributed by atoms with Crippen LogP contribution in [0.1, 0.15) is 31.2 Å². The summed E-state index contributed by atoms with van der Waals surface area (Å²) in [7, 11) is 0. The van der Waals surface area contributed by atoms with Gasteiger partial charge in [0, 0.05) is 36.5 Å². The molecule has 39 heavy (non-hydrogen) atoms. The Bertz CT molecular complexity index is 1210. The first kappa shape index (κ1) is 30.6. The fourth-order valence-electron chi connectivity index (χ4n) is 3.83. The minimum absolute atomic E-state index is 0.0133. The number of para-hydroxylation sites is 1. The molecule has 3 atom stereocenters. The van der Waals surface area contributed by atoms with Crippen molar-refractivity contribution in [2.45, 2.75) is 50.2 Å². The van der Waals surface area contributed by atoms with Gasteiger partial charge in [0.2, 0.25) is 17.7 Å². The third-order valence-corrected chi connectivity index (χ3v) is 5.78. The van der Waals surface area contributed by atoms with E-state index in [4.69, 9.17) is 22.3 Å². The normalized spacial score (nSPS) is 13.1. The summed E-state index contributed by atoms with van der Waals surface area (Å²) in [5, 5.41) is 26.8. The van der Waals surface area contributed by atoms with Crippen LogP contribution in [0.25, 0.3) is 10.9 Å². The van der Waals surface area contributed by atoms with Gasteiger partial charge < -0.3 is 48.3 Å². The SMILES string of the molecule is NCC(=O)NC(CCC(=O)O)C(=O)NC(Cc1c[nH]c2ccccc12)C(=O)NC(CCCN=C(N)N)C(=O)O. The highest BCUT2D eigenvalue weighted by Gasteiger charge is 2.30. The molecule has 1 aromatic heterocycles. The number of guanidine groups is 1. The topological polar surface area (TPSA) is 268 Å². The minimum Gasteiger partial charge on any atom is -0.481 e. The number of aromatic nitrogens is 1. The van der Waals surface area contributed by atoms with Crippen molar-refractivity contribution in [1.82, 2.24) is 20.9 Å². The lowest BCUT2D eigenvalue weighted by molar-refractivity contribution is -0.142. The summed E-state index contributed by atoms with van der Waals surface area (Å²) >= 11 is 0. The first-order valence-electron chi connectivity index (χ1n) is 12.2. The predicted octanol–water partition coefficient (Wildman–Crippen LogP) is -1.87. The van der Waals surface area contributed by atoms with E-state index in [0.717, 1.165) is 10.9 Å². The highest BCUT2D eigenvalue weighted by molar-refractivity contribution is 5.94. The molecule has 3 unspecified atom stereocenters. The molecule has 12 N–H and O–H groups in total. The molecule has 0 saturated carbocycles. The Hall–Kier alpha value is -4.66. The molecule has 0 aliphatic rings. The van der Waals surface area contributed by atoms with Crippen LogP contribution in [0.4, 0.5) is 0 Å². The zero-order valence-corrected chi connectivity index (χ0v) is 21.2. The summed E-state index contributed by atoms with van der Waals surface area (Å²) in [5.41, 5.74) is 17.3. The van der Waals surface area contributed by atoms with Gasteiger partial charge in [0.05, 0.1) is 6.54 Å². The van der Waals surface area contributed by atoms with Gasteiger partial charge in [-0.15, -0.1) is 0 Å². The van der Waals surface area contributed by atoms with Crippen LogP contribution >= 0.6 is 0 Å². The van der Waals surface area contributed by atoms with Gasteiger partial charge in [-0.2, -0.15) is 0 Å². The maximum atomic E-state index is 13.3. The number of nitrogens with two attached hydrogens (primary N) is 3. The molecule has 2 aromatic rings. The number of nitrogens with zero attached hydrogens (tertiary/aromatic N) is 1. The number of aromatic amines is 1. The smallest absolute Gasteiger partial charge is 0.326 e. The number of carboxylic acids is 2. The number of fused-ring (bicyclic) bond motifs is 1. The summed E-state index contributed by atoms with van der Waals surface area (Å²) in [5.74, 6) is -4.92. The molecule has 0 radical (unpaired) electrons. The van der Waals surface area contributed by atoms with Crippen molar-refractivity contribution in [3.05, 3.63) is 36.0 Å². The summed E-state index contributed by atoms with van der Waals surface area (Å²) in [6.07, 6.45) is 1.23. The molecule has 15 nitrogen and oxygen atoms in total. The van der Waals surface area contributed by atoms with Crippen LogP contribution in [0.3, 0.4) is 0 Å². The molecule has 2 rings (SSSR count). The zero-order chi connectivity index (χ0) is 28.9. The monoisotopic (exact) mass is 546 g/mol. The number of nitrogens with one attached hydrogen (secondary N) is 4. The van der Waals surface area contributed by atoms with E-state index in [1.807, 2.05) is 18.2 Å². The lowest BCUT2D eigenvalue weighted by Crippen LogP contribution is -2.56. The van der Waals surface area contributed by atoms with Crippen molar-refractivity contribution in [3.63, 3.8) is 0 Å². The number of carboxylic acid groups (broad SMARTS) is 2. The molecule has 1 heterocycles. The first-order chi connectivity index (χ1) is 18.5. The first-order valence-corrected chi connectivity index (χ1v) is 12.2. The number of hydrogen-bond donors (Lipinski definition) is 9. The Morgan fingerprint density at radius 3 is 2.23 bits per heavy atom. The largest absolute Gasteiger partial charge is 0.481 e. The molecule has 1 aromatic carbocycles. The number of rotatable bonds is 16. The van der Waals surface area contributed by atoms with Crippen molar-refractivity contribution in [2.24, 2.45) is 22.2 Å². The van der Waals surface area contributed by atoms with Crippen molar-refractivity contribution in [1.29, 1.82) is 0 Å². The Morgan fingerprint density at radius 2 is 1.59 bits per heavy atom. The maximum Gasteiger partial charge on any atom is 0.326 e. The molecule has 3 amide bonds. The number of hydrogen-bond acceptors (Lipinski definition) is 7. The number of carbonyl (C=O) groups is 5. The Labute approximate surface area is 223 Å². The van der Waals surface area contributed by atoms with E-state index in [2.05, 4.69) is 25.9 Å². The molecule has 212 valence electrons. The molecular weight excluding hydrogens is 512 g/mol.